The number of nitrogens with zero attached hydrogens (tertiary/aromatic N) is 2. The van der Waals surface area contributed by atoms with Gasteiger partial charge in [0.2, 0.25) is 5.88 Å². The number of aromatic nitrogens is 2. The average molecular weight is 229 g/mol. The maximum atomic E-state index is 11.3. The minimum atomic E-state index is -0.145. The first-order valence-corrected chi connectivity index (χ1v) is 5.33. The molecule has 0 unspecified atom stereocenters. The smallest absolute Gasteiger partial charge is 0.262 e. The van der Waals surface area contributed by atoms with E-state index in [0.29, 0.717) is 11.6 Å². The molecule has 86 valence electrons. The molecule has 17 heavy (non-hydrogen) atoms. The van der Waals surface area contributed by atoms with Crippen LogP contribution in [-0.4, -0.2) is 22.3 Å². The van der Waals surface area contributed by atoms with Crippen LogP contribution in [0.1, 0.15) is 5.69 Å². The molecule has 0 fully saturated rings. The minimum absolute atomic E-state index is 0.0327. The standard InChI is InChI=1S/C12H11N3O2/c1-8-11-12(17-7-10(16)13-11)15(14-8)9-5-3-2-4-6-9/h2-6H,7H2,1H3,(H,13,16). The van der Waals surface area contributed by atoms with Crippen molar-refractivity contribution in [1.29, 1.82) is 0 Å². The largest absolute Gasteiger partial charge is 0.466 e. The Morgan fingerprint density at radius 3 is 2.88 bits per heavy atom. The van der Waals surface area contributed by atoms with Crippen molar-refractivity contribution in [3.05, 3.63) is 36.0 Å². The molecule has 2 aromatic rings. The van der Waals surface area contributed by atoms with E-state index in [1.807, 2.05) is 37.3 Å². The lowest BCUT2D eigenvalue weighted by Crippen LogP contribution is -2.26. The number of anilines is 1. The lowest BCUT2D eigenvalue weighted by atomic mass is 10.3. The normalized spacial score (nSPS) is 13.8. The van der Waals surface area contributed by atoms with Gasteiger partial charge in [-0.05, 0) is 19.1 Å². The second kappa shape index (κ2) is 3.62. The van der Waals surface area contributed by atoms with Crippen LogP contribution >= 0.6 is 0 Å². The first-order chi connectivity index (χ1) is 8.25. The maximum absolute atomic E-state index is 11.3. The van der Waals surface area contributed by atoms with Gasteiger partial charge >= 0.3 is 0 Å². The molecule has 0 bridgehead atoms. The number of benzene rings is 1. The van der Waals surface area contributed by atoms with Crippen molar-refractivity contribution in [2.45, 2.75) is 6.92 Å². The molecule has 1 aromatic carbocycles. The Bertz CT molecular complexity index is 575. The Morgan fingerprint density at radius 2 is 2.12 bits per heavy atom. The van der Waals surface area contributed by atoms with Crippen molar-refractivity contribution in [2.24, 2.45) is 0 Å². The number of carbonyl (C=O) groups excluding carboxylic acids is 1. The highest BCUT2D eigenvalue weighted by atomic mass is 16.5. The number of carbonyl (C=O) groups is 1. The lowest BCUT2D eigenvalue weighted by molar-refractivity contribution is -0.118. The Labute approximate surface area is 98.0 Å². The molecule has 1 aliphatic heterocycles. The van der Waals surface area contributed by atoms with Gasteiger partial charge in [0.1, 0.15) is 5.69 Å². The van der Waals surface area contributed by atoms with Gasteiger partial charge in [-0.25, -0.2) is 0 Å². The first-order valence-electron chi connectivity index (χ1n) is 5.33. The Hall–Kier alpha value is -2.30. The number of aryl methyl sites for hydroxylation is 1. The van der Waals surface area contributed by atoms with E-state index in [9.17, 15) is 4.79 Å². The zero-order valence-corrected chi connectivity index (χ0v) is 9.30. The van der Waals surface area contributed by atoms with Gasteiger partial charge < -0.3 is 10.1 Å². The Kier molecular flexibility index (Phi) is 2.11. The van der Waals surface area contributed by atoms with Crippen LogP contribution in [0, 0.1) is 6.92 Å². The second-order valence-corrected chi connectivity index (χ2v) is 3.85. The predicted octanol–water partition coefficient (Wildman–Crippen LogP) is 1.51. The van der Waals surface area contributed by atoms with E-state index in [1.165, 1.54) is 0 Å². The van der Waals surface area contributed by atoms with E-state index < -0.39 is 0 Å². The summed E-state index contributed by atoms with van der Waals surface area (Å²) in [5.41, 5.74) is 2.31. The molecule has 1 amide bonds. The van der Waals surface area contributed by atoms with Gasteiger partial charge in [-0.15, -0.1) is 0 Å². The third kappa shape index (κ3) is 1.56. The summed E-state index contributed by atoms with van der Waals surface area (Å²) in [4.78, 5) is 11.3. The topological polar surface area (TPSA) is 56.2 Å². The average Bonchev–Trinajstić information content (AvgIpc) is 2.68. The molecule has 1 aliphatic rings. The molecule has 3 rings (SSSR count). The van der Waals surface area contributed by atoms with E-state index in [0.717, 1.165) is 11.4 Å². The summed E-state index contributed by atoms with van der Waals surface area (Å²) in [6.07, 6.45) is 0. The molecule has 1 aromatic heterocycles. The summed E-state index contributed by atoms with van der Waals surface area (Å²) in [6.45, 7) is 1.87. The summed E-state index contributed by atoms with van der Waals surface area (Å²) >= 11 is 0. The fourth-order valence-corrected chi connectivity index (χ4v) is 1.84. The molecule has 0 spiro atoms. The molecule has 2 heterocycles. The van der Waals surface area contributed by atoms with Crippen LogP contribution in [0.2, 0.25) is 0 Å². The maximum Gasteiger partial charge on any atom is 0.262 e. The van der Waals surface area contributed by atoms with Gasteiger partial charge in [0, 0.05) is 0 Å². The molecule has 0 aliphatic carbocycles. The summed E-state index contributed by atoms with van der Waals surface area (Å²) in [5, 5.41) is 7.14. The molecule has 5 heteroatoms. The summed E-state index contributed by atoms with van der Waals surface area (Å²) in [7, 11) is 0. The number of amides is 1. The van der Waals surface area contributed by atoms with Gasteiger partial charge in [0.05, 0.1) is 11.4 Å². The fraction of sp³-hybridized carbons (Fsp3) is 0.167. The molecular formula is C12H11N3O2. The highest BCUT2D eigenvalue weighted by molar-refractivity contribution is 5.95. The molecule has 0 saturated heterocycles. The van der Waals surface area contributed by atoms with Crippen LogP contribution in [0.15, 0.2) is 30.3 Å². The van der Waals surface area contributed by atoms with Crippen LogP contribution < -0.4 is 10.1 Å². The third-order valence-electron chi connectivity index (χ3n) is 2.62. The summed E-state index contributed by atoms with van der Waals surface area (Å²) < 4.78 is 7.13. The van der Waals surface area contributed by atoms with Crippen molar-refractivity contribution in [3.8, 4) is 11.6 Å². The molecule has 0 atom stereocenters. The van der Waals surface area contributed by atoms with E-state index >= 15 is 0 Å². The third-order valence-corrected chi connectivity index (χ3v) is 2.62. The molecule has 5 nitrogen and oxygen atoms in total. The van der Waals surface area contributed by atoms with Crippen molar-refractivity contribution in [3.63, 3.8) is 0 Å². The summed E-state index contributed by atoms with van der Waals surface area (Å²) in [6, 6.07) is 9.67. The van der Waals surface area contributed by atoms with Gasteiger partial charge in [-0.1, -0.05) is 18.2 Å². The van der Waals surface area contributed by atoms with Crippen molar-refractivity contribution in [2.75, 3.05) is 11.9 Å². The van der Waals surface area contributed by atoms with E-state index in [1.54, 1.807) is 4.68 Å². The van der Waals surface area contributed by atoms with E-state index in [4.69, 9.17) is 4.74 Å². The number of ether oxygens (including phenoxy) is 1. The van der Waals surface area contributed by atoms with Gasteiger partial charge in [0.15, 0.2) is 6.61 Å². The minimum Gasteiger partial charge on any atom is -0.466 e. The van der Waals surface area contributed by atoms with Gasteiger partial charge in [-0.3, -0.25) is 4.79 Å². The predicted molar refractivity (Wildman–Crippen MR) is 62.4 cm³/mol. The van der Waals surface area contributed by atoms with Crippen molar-refractivity contribution in [1.82, 2.24) is 9.78 Å². The van der Waals surface area contributed by atoms with Crippen molar-refractivity contribution >= 4 is 11.6 Å². The molecule has 1 N–H and O–H groups in total. The van der Waals surface area contributed by atoms with Crippen LogP contribution in [-0.2, 0) is 4.79 Å². The fourth-order valence-electron chi connectivity index (χ4n) is 1.84. The molecular weight excluding hydrogens is 218 g/mol. The van der Waals surface area contributed by atoms with Crippen LogP contribution in [0.5, 0.6) is 5.88 Å². The Balaban J connectivity index is 2.14. The zero-order chi connectivity index (χ0) is 11.8. The number of rotatable bonds is 1. The number of fused-ring (bicyclic) bond motifs is 1. The van der Waals surface area contributed by atoms with Crippen LogP contribution in [0.4, 0.5) is 5.69 Å². The lowest BCUT2D eigenvalue weighted by Gasteiger charge is -2.15. The quantitative estimate of drug-likeness (QED) is 0.806. The SMILES string of the molecule is Cc1nn(-c2ccccc2)c2c1NC(=O)CO2. The van der Waals surface area contributed by atoms with Gasteiger partial charge in [0.25, 0.3) is 5.91 Å². The van der Waals surface area contributed by atoms with Gasteiger partial charge in [-0.2, -0.15) is 9.78 Å². The second-order valence-electron chi connectivity index (χ2n) is 3.85. The highest BCUT2D eigenvalue weighted by Crippen LogP contribution is 2.32. The first kappa shape index (κ1) is 9.89. The molecule has 0 radical (unpaired) electrons. The number of hydrogen-bond donors (Lipinski definition) is 1. The number of hydrogen-bond acceptors (Lipinski definition) is 3. The number of para-hydroxylation sites is 1. The van der Waals surface area contributed by atoms with E-state index in [-0.39, 0.29) is 12.5 Å². The molecule has 0 saturated carbocycles. The number of nitrogens with one attached hydrogen (secondary N) is 1. The van der Waals surface area contributed by atoms with E-state index in [2.05, 4.69) is 10.4 Å². The van der Waals surface area contributed by atoms with Crippen molar-refractivity contribution < 1.29 is 9.53 Å². The Morgan fingerprint density at radius 1 is 1.35 bits per heavy atom. The zero-order valence-electron chi connectivity index (χ0n) is 9.30. The van der Waals surface area contributed by atoms with Crippen LogP contribution in [0.3, 0.4) is 0 Å². The summed E-state index contributed by atoms with van der Waals surface area (Å²) in [5.74, 6) is 0.446. The highest BCUT2D eigenvalue weighted by Gasteiger charge is 2.24. The van der Waals surface area contributed by atoms with Crippen LogP contribution in [0.25, 0.3) is 5.69 Å². The monoisotopic (exact) mass is 229 g/mol.